The Balaban J connectivity index is 1.79. The molecule has 7 nitrogen and oxygen atoms in total. The number of rotatable bonds is 7. The average molecular weight is 447 g/mol. The second kappa shape index (κ2) is 9.27. The summed E-state index contributed by atoms with van der Waals surface area (Å²) in [6, 6.07) is 4.91. The SMILES string of the molecule is COC(=O)c1c(CC(C)C)csc1NC(=O)c1sc(NC(=O)c2ccco2)cc1C. The molecule has 3 rings (SSSR count). The predicted octanol–water partition coefficient (Wildman–Crippen LogP) is 5.20. The third kappa shape index (κ3) is 4.80. The average Bonchev–Trinajstić information content (AvgIpc) is 3.41. The normalized spacial score (nSPS) is 10.8. The molecule has 2 N–H and O–H groups in total. The molecule has 30 heavy (non-hydrogen) atoms. The first-order chi connectivity index (χ1) is 14.3. The standard InChI is InChI=1S/C21H22N2O5S2/c1-11(2)8-13-10-29-20(16(13)21(26)27-4)23-19(25)17-12(3)9-15(30-17)22-18(24)14-6-5-7-28-14/h5-7,9-11H,8H2,1-4H3,(H,22,24)(H,23,25). The molecular formula is C21H22N2O5S2. The molecule has 0 fully saturated rings. The molecule has 0 aromatic carbocycles. The van der Waals surface area contributed by atoms with Gasteiger partial charge in [-0.3, -0.25) is 9.59 Å². The smallest absolute Gasteiger partial charge is 0.341 e. The van der Waals surface area contributed by atoms with E-state index in [0.717, 1.165) is 16.9 Å². The lowest BCUT2D eigenvalue weighted by atomic mass is 10.0. The van der Waals surface area contributed by atoms with Crippen molar-refractivity contribution in [2.24, 2.45) is 5.92 Å². The molecule has 0 saturated carbocycles. The summed E-state index contributed by atoms with van der Waals surface area (Å²) in [5, 5.41) is 8.41. The summed E-state index contributed by atoms with van der Waals surface area (Å²) >= 11 is 2.45. The van der Waals surface area contributed by atoms with E-state index in [1.165, 1.54) is 24.7 Å². The lowest BCUT2D eigenvalue weighted by molar-refractivity contribution is 0.0601. The van der Waals surface area contributed by atoms with Crippen LogP contribution in [0, 0.1) is 12.8 Å². The largest absolute Gasteiger partial charge is 0.465 e. The summed E-state index contributed by atoms with van der Waals surface area (Å²) in [6.07, 6.45) is 2.12. The Hall–Kier alpha value is -2.91. The fraction of sp³-hybridized carbons (Fsp3) is 0.286. The Morgan fingerprint density at radius 1 is 1.20 bits per heavy atom. The molecular weight excluding hydrogens is 424 g/mol. The van der Waals surface area contributed by atoms with Gasteiger partial charge in [0.05, 0.1) is 28.8 Å². The molecule has 0 atom stereocenters. The van der Waals surface area contributed by atoms with E-state index in [0.29, 0.717) is 38.3 Å². The van der Waals surface area contributed by atoms with Crippen molar-refractivity contribution in [1.29, 1.82) is 0 Å². The first-order valence-electron chi connectivity index (χ1n) is 9.25. The van der Waals surface area contributed by atoms with E-state index in [9.17, 15) is 14.4 Å². The maximum atomic E-state index is 12.9. The van der Waals surface area contributed by atoms with Gasteiger partial charge < -0.3 is 19.8 Å². The van der Waals surface area contributed by atoms with Crippen molar-refractivity contribution in [3.63, 3.8) is 0 Å². The second-order valence-corrected chi connectivity index (χ2v) is 8.99. The summed E-state index contributed by atoms with van der Waals surface area (Å²) < 4.78 is 9.99. The Morgan fingerprint density at radius 2 is 1.97 bits per heavy atom. The number of methoxy groups -OCH3 is 1. The zero-order valence-electron chi connectivity index (χ0n) is 17.0. The molecule has 3 aromatic heterocycles. The number of anilines is 2. The van der Waals surface area contributed by atoms with Crippen LogP contribution in [-0.2, 0) is 11.2 Å². The molecule has 0 radical (unpaired) electrons. The van der Waals surface area contributed by atoms with Crippen LogP contribution < -0.4 is 10.6 Å². The predicted molar refractivity (Wildman–Crippen MR) is 118 cm³/mol. The molecule has 0 aliphatic heterocycles. The third-order valence-corrected chi connectivity index (χ3v) is 6.31. The van der Waals surface area contributed by atoms with Gasteiger partial charge in [0.2, 0.25) is 0 Å². The summed E-state index contributed by atoms with van der Waals surface area (Å²) in [5.74, 6) is -0.675. The van der Waals surface area contributed by atoms with Gasteiger partial charge in [-0.2, -0.15) is 0 Å². The number of aryl methyl sites for hydroxylation is 1. The lowest BCUT2D eigenvalue weighted by Crippen LogP contribution is -2.14. The van der Waals surface area contributed by atoms with Crippen LogP contribution in [0.3, 0.4) is 0 Å². The minimum Gasteiger partial charge on any atom is -0.465 e. The van der Waals surface area contributed by atoms with Crippen LogP contribution in [0.5, 0.6) is 0 Å². The molecule has 9 heteroatoms. The van der Waals surface area contributed by atoms with Crippen LogP contribution in [0.2, 0.25) is 0 Å². The van der Waals surface area contributed by atoms with Gasteiger partial charge in [0.25, 0.3) is 11.8 Å². The third-order valence-electron chi connectivity index (χ3n) is 4.22. The van der Waals surface area contributed by atoms with Gasteiger partial charge in [0.1, 0.15) is 5.00 Å². The fourth-order valence-corrected chi connectivity index (χ4v) is 4.83. The molecule has 2 amide bonds. The van der Waals surface area contributed by atoms with Crippen molar-refractivity contribution in [2.45, 2.75) is 27.2 Å². The van der Waals surface area contributed by atoms with Gasteiger partial charge >= 0.3 is 5.97 Å². The summed E-state index contributed by atoms with van der Waals surface area (Å²) in [7, 11) is 1.32. The first-order valence-corrected chi connectivity index (χ1v) is 10.9. The Morgan fingerprint density at radius 3 is 2.60 bits per heavy atom. The molecule has 0 aliphatic carbocycles. The number of esters is 1. The molecule has 0 spiro atoms. The topological polar surface area (TPSA) is 97.6 Å². The van der Waals surface area contributed by atoms with Crippen molar-refractivity contribution in [2.75, 3.05) is 17.7 Å². The monoisotopic (exact) mass is 446 g/mol. The van der Waals surface area contributed by atoms with Crippen molar-refractivity contribution in [1.82, 2.24) is 0 Å². The van der Waals surface area contributed by atoms with Gasteiger partial charge in [-0.1, -0.05) is 13.8 Å². The summed E-state index contributed by atoms with van der Waals surface area (Å²) in [6.45, 7) is 5.91. The number of hydrogen-bond donors (Lipinski definition) is 2. The van der Waals surface area contributed by atoms with E-state index in [4.69, 9.17) is 9.15 Å². The maximum Gasteiger partial charge on any atom is 0.341 e. The molecule has 3 aromatic rings. The van der Waals surface area contributed by atoms with Crippen molar-refractivity contribution >= 4 is 50.5 Å². The van der Waals surface area contributed by atoms with Crippen molar-refractivity contribution in [3.8, 4) is 0 Å². The van der Waals surface area contributed by atoms with Crippen LogP contribution in [0.4, 0.5) is 10.0 Å². The zero-order valence-corrected chi connectivity index (χ0v) is 18.7. The molecule has 0 bridgehead atoms. The highest BCUT2D eigenvalue weighted by Gasteiger charge is 2.24. The molecule has 0 saturated heterocycles. The van der Waals surface area contributed by atoms with Crippen LogP contribution in [-0.4, -0.2) is 24.9 Å². The highest BCUT2D eigenvalue weighted by atomic mass is 32.1. The van der Waals surface area contributed by atoms with Crippen LogP contribution in [0.1, 0.15) is 55.6 Å². The number of hydrogen-bond acceptors (Lipinski definition) is 7. The van der Waals surface area contributed by atoms with Gasteiger partial charge in [-0.05, 0) is 54.0 Å². The van der Waals surface area contributed by atoms with Crippen molar-refractivity contribution < 1.29 is 23.5 Å². The van der Waals surface area contributed by atoms with E-state index in [1.807, 2.05) is 5.38 Å². The van der Waals surface area contributed by atoms with E-state index in [-0.39, 0.29) is 11.7 Å². The fourth-order valence-electron chi connectivity index (χ4n) is 2.91. The first kappa shape index (κ1) is 21.8. The van der Waals surface area contributed by atoms with E-state index in [1.54, 1.807) is 25.1 Å². The molecule has 0 unspecified atom stereocenters. The number of nitrogens with one attached hydrogen (secondary N) is 2. The molecule has 3 heterocycles. The van der Waals surface area contributed by atoms with Gasteiger partial charge in [-0.15, -0.1) is 22.7 Å². The van der Waals surface area contributed by atoms with Crippen LogP contribution >= 0.6 is 22.7 Å². The minimum atomic E-state index is -0.475. The summed E-state index contributed by atoms with van der Waals surface area (Å²) in [4.78, 5) is 37.8. The molecule has 0 aliphatic rings. The number of ether oxygens (including phenoxy) is 1. The quantitative estimate of drug-likeness (QED) is 0.486. The van der Waals surface area contributed by atoms with Crippen molar-refractivity contribution in [3.05, 3.63) is 57.2 Å². The Bertz CT molecular complexity index is 1060. The zero-order chi connectivity index (χ0) is 21.8. The summed E-state index contributed by atoms with van der Waals surface area (Å²) in [5.41, 5.74) is 1.96. The van der Waals surface area contributed by atoms with Crippen LogP contribution in [0.15, 0.2) is 34.3 Å². The number of thiophene rings is 2. The second-order valence-electron chi connectivity index (χ2n) is 7.06. The number of amides is 2. The van der Waals surface area contributed by atoms with Crippen LogP contribution in [0.25, 0.3) is 0 Å². The number of carbonyl (C=O) groups is 3. The van der Waals surface area contributed by atoms with Gasteiger partial charge in [0.15, 0.2) is 5.76 Å². The van der Waals surface area contributed by atoms with E-state index >= 15 is 0 Å². The Labute approximate surface area is 182 Å². The number of furan rings is 1. The highest BCUT2D eigenvalue weighted by Crippen LogP contribution is 2.33. The maximum absolute atomic E-state index is 12.9. The van der Waals surface area contributed by atoms with E-state index in [2.05, 4.69) is 24.5 Å². The van der Waals surface area contributed by atoms with E-state index < -0.39 is 11.9 Å². The van der Waals surface area contributed by atoms with Gasteiger partial charge in [0, 0.05) is 0 Å². The van der Waals surface area contributed by atoms with Gasteiger partial charge in [-0.25, -0.2) is 4.79 Å². The lowest BCUT2D eigenvalue weighted by Gasteiger charge is -2.08. The minimum absolute atomic E-state index is 0.186. The highest BCUT2D eigenvalue weighted by molar-refractivity contribution is 7.18. The Kier molecular flexibility index (Phi) is 6.73. The number of carbonyl (C=O) groups excluding carboxylic acids is 3. The molecule has 158 valence electrons.